The number of benzene rings is 1. The molecule has 0 aromatic heterocycles. The van der Waals surface area contributed by atoms with Crippen molar-refractivity contribution >= 4 is 18.0 Å². The number of carbonyl (C=O) groups is 3. The molecule has 1 amide bonds. The van der Waals surface area contributed by atoms with E-state index in [9.17, 15) is 19.5 Å². The normalized spacial score (nSPS) is 14.1. The van der Waals surface area contributed by atoms with Gasteiger partial charge in [0.05, 0.1) is 0 Å². The average Bonchev–Trinajstić information content (AvgIpc) is 3.11. The number of fused-ring (bicyclic) bond motifs is 1. The Labute approximate surface area is 188 Å². The third-order valence-corrected chi connectivity index (χ3v) is 4.34. The first kappa shape index (κ1) is 27.0. The zero-order valence-electron chi connectivity index (χ0n) is 19.4. The van der Waals surface area contributed by atoms with Crippen LogP contribution in [0.25, 0.3) is 0 Å². The molecule has 32 heavy (non-hydrogen) atoms. The van der Waals surface area contributed by atoms with Crippen molar-refractivity contribution in [2.75, 3.05) is 13.8 Å². The number of likely N-dealkylation sites (N-methyl/N-ethyl adjacent to an activating group) is 1. The van der Waals surface area contributed by atoms with Gasteiger partial charge in [0.15, 0.2) is 11.5 Å². The molecule has 3 N–H and O–H groups in total. The van der Waals surface area contributed by atoms with Gasteiger partial charge in [0.25, 0.3) is 0 Å². The van der Waals surface area contributed by atoms with Crippen LogP contribution in [0.5, 0.6) is 11.5 Å². The number of carboxylic acids is 2. The van der Waals surface area contributed by atoms with Crippen molar-refractivity contribution in [3.05, 3.63) is 23.8 Å². The number of rotatable bonds is 7. The zero-order chi connectivity index (χ0) is 24.6. The predicted octanol–water partition coefficient (Wildman–Crippen LogP) is 1.91. The smallest absolute Gasteiger partial charge is 0.410 e. The first-order chi connectivity index (χ1) is 14.7. The molecule has 10 nitrogen and oxygen atoms in total. The lowest BCUT2D eigenvalue weighted by Crippen LogP contribution is -2.45. The minimum Gasteiger partial charge on any atom is -0.550 e. The van der Waals surface area contributed by atoms with Gasteiger partial charge in [0, 0.05) is 25.5 Å². The molecule has 0 spiro atoms. The van der Waals surface area contributed by atoms with Gasteiger partial charge < -0.3 is 35.0 Å². The lowest BCUT2D eigenvalue weighted by atomic mass is 10.0. The van der Waals surface area contributed by atoms with E-state index in [2.05, 4.69) is 0 Å². The quantitative estimate of drug-likeness (QED) is 0.630. The number of hydrogen-bond donors (Lipinski definition) is 2. The van der Waals surface area contributed by atoms with E-state index < -0.39 is 35.7 Å². The lowest BCUT2D eigenvalue weighted by Gasteiger charge is -2.29. The zero-order valence-corrected chi connectivity index (χ0v) is 19.4. The third-order valence-electron chi connectivity index (χ3n) is 4.34. The highest BCUT2D eigenvalue weighted by atomic mass is 16.7. The summed E-state index contributed by atoms with van der Waals surface area (Å²) in [6.07, 6.45) is -0.407. The van der Waals surface area contributed by atoms with Crippen LogP contribution in [0.1, 0.15) is 59.1 Å². The Morgan fingerprint density at radius 3 is 2.31 bits per heavy atom. The molecule has 0 bridgehead atoms. The lowest BCUT2D eigenvalue weighted by molar-refractivity contribution is -0.306. The average molecular weight is 454 g/mol. The van der Waals surface area contributed by atoms with E-state index in [1.54, 1.807) is 39.0 Å². The molecule has 0 saturated carbocycles. The highest BCUT2D eigenvalue weighted by molar-refractivity contribution is 5.80. The summed E-state index contributed by atoms with van der Waals surface area (Å²) in [6, 6.07) is 3.71. The molecule has 0 saturated heterocycles. The molecule has 1 aliphatic rings. The second-order valence-electron chi connectivity index (χ2n) is 8.87. The largest absolute Gasteiger partial charge is 0.550 e. The number of amides is 1. The summed E-state index contributed by atoms with van der Waals surface area (Å²) < 4.78 is 15.4. The van der Waals surface area contributed by atoms with Crippen molar-refractivity contribution in [1.82, 2.24) is 4.90 Å². The van der Waals surface area contributed by atoms with Gasteiger partial charge in [-0.05, 0) is 50.8 Å². The number of aliphatic carboxylic acids is 2. The van der Waals surface area contributed by atoms with E-state index in [-0.39, 0.29) is 19.1 Å². The standard InChI is InChI=1S/C12H23NO4.C10H11NO4/c1-8(2)7-9(10(14)15)13(6)11(16)17-12(3,4)5;11-7(4-10(12)13)6-1-2-8-9(3-6)15-5-14-8/h8-9H,7H2,1-6H3,(H,14,15);1-3,7H,4-5,11H2,(H,12,13)/p-1/t9-;/m0./s1. The fraction of sp³-hybridized carbons (Fsp3) is 0.591. The van der Waals surface area contributed by atoms with E-state index in [1.165, 1.54) is 7.05 Å². The van der Waals surface area contributed by atoms with Crippen LogP contribution in [-0.2, 0) is 14.3 Å². The molecule has 10 heteroatoms. The Bertz CT molecular complexity index is 804. The summed E-state index contributed by atoms with van der Waals surface area (Å²) in [7, 11) is 1.45. The first-order valence-electron chi connectivity index (χ1n) is 10.2. The Hall–Kier alpha value is -3.01. The summed E-state index contributed by atoms with van der Waals surface area (Å²) in [4.78, 5) is 34.3. The third kappa shape index (κ3) is 9.01. The molecule has 0 radical (unpaired) electrons. The minimum absolute atomic E-state index is 0.189. The molecule has 1 aromatic carbocycles. The Kier molecular flexibility index (Phi) is 9.77. The summed E-state index contributed by atoms with van der Waals surface area (Å²) in [5, 5.41) is 19.5. The van der Waals surface area contributed by atoms with Crippen molar-refractivity contribution in [3.8, 4) is 11.5 Å². The molecular formula is C22H33N2O8-. The Balaban J connectivity index is 0.000000321. The van der Waals surface area contributed by atoms with Crippen LogP contribution in [0.2, 0.25) is 0 Å². The fourth-order valence-corrected chi connectivity index (χ4v) is 2.77. The molecule has 180 valence electrons. The van der Waals surface area contributed by atoms with E-state index in [4.69, 9.17) is 25.1 Å². The maximum atomic E-state index is 11.7. The molecule has 1 unspecified atom stereocenters. The molecule has 1 aliphatic heterocycles. The maximum absolute atomic E-state index is 11.7. The van der Waals surface area contributed by atoms with Gasteiger partial charge in [-0.1, -0.05) is 19.9 Å². The van der Waals surface area contributed by atoms with Crippen molar-refractivity contribution < 1.29 is 38.8 Å². The second kappa shape index (κ2) is 11.6. The highest BCUT2D eigenvalue weighted by Gasteiger charge is 2.30. The van der Waals surface area contributed by atoms with Gasteiger partial charge in [0.2, 0.25) is 6.79 Å². The van der Waals surface area contributed by atoms with Crippen LogP contribution in [0.15, 0.2) is 18.2 Å². The molecule has 1 heterocycles. The van der Waals surface area contributed by atoms with Crippen LogP contribution < -0.4 is 20.3 Å². The summed E-state index contributed by atoms with van der Waals surface area (Å²) >= 11 is 0. The SMILES string of the molecule is CC(C)C[C@@H](C(=O)O)N(C)C(=O)OC(C)(C)C.NC(CC(=O)[O-])c1ccc2c(c1)OCO2. The summed E-state index contributed by atoms with van der Waals surface area (Å²) in [5.41, 5.74) is 5.75. The number of carbonyl (C=O) groups excluding carboxylic acids is 2. The molecule has 2 atom stereocenters. The summed E-state index contributed by atoms with van der Waals surface area (Å²) in [6.45, 7) is 9.26. The van der Waals surface area contributed by atoms with Gasteiger partial charge in [-0.15, -0.1) is 0 Å². The van der Waals surface area contributed by atoms with Crippen molar-refractivity contribution in [1.29, 1.82) is 0 Å². The number of hydrogen-bond acceptors (Lipinski definition) is 8. The van der Waals surface area contributed by atoms with E-state index in [1.807, 2.05) is 13.8 Å². The monoisotopic (exact) mass is 453 g/mol. The molecule has 1 aromatic rings. The van der Waals surface area contributed by atoms with Crippen LogP contribution in [-0.4, -0.2) is 53.5 Å². The predicted molar refractivity (Wildman–Crippen MR) is 114 cm³/mol. The van der Waals surface area contributed by atoms with Crippen molar-refractivity contribution in [2.45, 2.75) is 65.1 Å². The van der Waals surface area contributed by atoms with Gasteiger partial charge in [-0.2, -0.15) is 0 Å². The van der Waals surface area contributed by atoms with Crippen LogP contribution >= 0.6 is 0 Å². The van der Waals surface area contributed by atoms with E-state index in [0.29, 0.717) is 23.5 Å². The van der Waals surface area contributed by atoms with Crippen molar-refractivity contribution in [2.24, 2.45) is 11.7 Å². The van der Waals surface area contributed by atoms with Gasteiger partial charge in [-0.3, -0.25) is 4.90 Å². The van der Waals surface area contributed by atoms with Crippen LogP contribution in [0.3, 0.4) is 0 Å². The topological polar surface area (TPSA) is 151 Å². The number of ether oxygens (including phenoxy) is 3. The molecule has 0 aliphatic carbocycles. The van der Waals surface area contributed by atoms with Crippen molar-refractivity contribution in [3.63, 3.8) is 0 Å². The van der Waals surface area contributed by atoms with Gasteiger partial charge >= 0.3 is 12.1 Å². The van der Waals surface area contributed by atoms with Crippen LogP contribution in [0.4, 0.5) is 4.79 Å². The molecular weight excluding hydrogens is 420 g/mol. The number of nitrogens with two attached hydrogens (primary N) is 1. The number of nitrogens with zero attached hydrogens (tertiary/aromatic N) is 1. The van der Waals surface area contributed by atoms with Gasteiger partial charge in [-0.25, -0.2) is 9.59 Å². The fourth-order valence-electron chi connectivity index (χ4n) is 2.77. The maximum Gasteiger partial charge on any atom is 0.410 e. The Morgan fingerprint density at radius 1 is 1.22 bits per heavy atom. The number of carboxylic acid groups (broad SMARTS) is 2. The minimum atomic E-state index is -1.17. The first-order valence-corrected chi connectivity index (χ1v) is 10.2. The molecule has 2 rings (SSSR count). The van der Waals surface area contributed by atoms with E-state index in [0.717, 1.165) is 4.90 Å². The van der Waals surface area contributed by atoms with Crippen LogP contribution in [0, 0.1) is 5.92 Å². The second-order valence-corrected chi connectivity index (χ2v) is 8.87. The van der Waals surface area contributed by atoms with Gasteiger partial charge in [0.1, 0.15) is 11.6 Å². The Morgan fingerprint density at radius 2 is 1.81 bits per heavy atom. The highest BCUT2D eigenvalue weighted by Crippen LogP contribution is 2.34. The summed E-state index contributed by atoms with van der Waals surface area (Å²) in [5.74, 6) is -0.728. The van der Waals surface area contributed by atoms with E-state index >= 15 is 0 Å². The molecule has 0 fully saturated rings.